The number of rotatable bonds is 4. The molecule has 1 aliphatic carbocycles. The fourth-order valence-electron chi connectivity index (χ4n) is 3.43. The predicted molar refractivity (Wildman–Crippen MR) is 109 cm³/mol. The van der Waals surface area contributed by atoms with Crippen molar-refractivity contribution in [3.05, 3.63) is 59.2 Å². The maximum atomic E-state index is 12.3. The fourth-order valence-corrected chi connectivity index (χ4v) is 3.43. The second kappa shape index (κ2) is 8.69. The molecule has 146 valence electrons. The lowest BCUT2D eigenvalue weighted by Gasteiger charge is -2.20. The number of nitrogens with one attached hydrogen (secondary N) is 3. The molecule has 0 aromatic heterocycles. The largest absolute Gasteiger partial charge is 0.341 e. The first-order valence-corrected chi connectivity index (χ1v) is 9.53. The third-order valence-corrected chi connectivity index (χ3v) is 4.87. The maximum absolute atomic E-state index is 12.3. The molecule has 6 heteroatoms. The average Bonchev–Trinajstić information content (AvgIpc) is 2.67. The van der Waals surface area contributed by atoms with E-state index in [0.29, 0.717) is 11.4 Å². The van der Waals surface area contributed by atoms with E-state index in [9.17, 15) is 14.4 Å². The number of hydrogen-bond acceptors (Lipinski definition) is 3. The third kappa shape index (κ3) is 4.97. The lowest BCUT2D eigenvalue weighted by molar-refractivity contribution is -0.136. The van der Waals surface area contributed by atoms with Crippen LogP contribution in [-0.4, -0.2) is 17.7 Å². The van der Waals surface area contributed by atoms with Crippen LogP contribution in [0.1, 0.15) is 49.4 Å². The standard InChI is InChI=1S/C22H25N3O3/c1-14(17-11-10-16-6-3-4-7-18(16)12-17)23-21(27)22(28)25-20-9-5-8-19(13-20)24-15(2)26/h5,8-14H,3-4,6-7H2,1-2H3,(H,23,27)(H,24,26)(H,25,28). The molecule has 3 rings (SSSR count). The number of anilines is 2. The van der Waals surface area contributed by atoms with E-state index in [4.69, 9.17) is 0 Å². The molecular weight excluding hydrogens is 354 g/mol. The molecule has 2 aromatic carbocycles. The third-order valence-electron chi connectivity index (χ3n) is 4.87. The lowest BCUT2D eigenvalue weighted by Crippen LogP contribution is -2.37. The summed E-state index contributed by atoms with van der Waals surface area (Å²) in [5, 5.41) is 7.94. The van der Waals surface area contributed by atoms with Gasteiger partial charge in [0.2, 0.25) is 5.91 Å². The molecule has 0 saturated carbocycles. The molecule has 3 amide bonds. The summed E-state index contributed by atoms with van der Waals surface area (Å²) in [6.45, 7) is 3.27. The number of amides is 3. The van der Waals surface area contributed by atoms with Crippen molar-refractivity contribution in [2.45, 2.75) is 45.6 Å². The number of hydrogen-bond donors (Lipinski definition) is 3. The first kappa shape index (κ1) is 19.6. The molecule has 0 saturated heterocycles. The summed E-state index contributed by atoms with van der Waals surface area (Å²) < 4.78 is 0. The van der Waals surface area contributed by atoms with Gasteiger partial charge >= 0.3 is 11.8 Å². The molecule has 28 heavy (non-hydrogen) atoms. The first-order chi connectivity index (χ1) is 13.4. The van der Waals surface area contributed by atoms with Gasteiger partial charge in [0.25, 0.3) is 0 Å². The molecular formula is C22H25N3O3. The van der Waals surface area contributed by atoms with E-state index in [2.05, 4.69) is 28.1 Å². The van der Waals surface area contributed by atoms with E-state index in [1.165, 1.54) is 30.9 Å². The summed E-state index contributed by atoms with van der Waals surface area (Å²) in [5.74, 6) is -1.65. The zero-order chi connectivity index (χ0) is 20.1. The Hall–Kier alpha value is -3.15. The first-order valence-electron chi connectivity index (χ1n) is 9.53. The van der Waals surface area contributed by atoms with Gasteiger partial charge in [-0.05, 0) is 67.5 Å². The van der Waals surface area contributed by atoms with Crippen LogP contribution in [-0.2, 0) is 27.2 Å². The van der Waals surface area contributed by atoms with Crippen molar-refractivity contribution < 1.29 is 14.4 Å². The van der Waals surface area contributed by atoms with Crippen molar-refractivity contribution in [1.29, 1.82) is 0 Å². The Labute approximate surface area is 164 Å². The van der Waals surface area contributed by atoms with Gasteiger partial charge in [-0.2, -0.15) is 0 Å². The van der Waals surface area contributed by atoms with Crippen molar-refractivity contribution in [3.8, 4) is 0 Å². The number of aryl methyl sites for hydroxylation is 2. The summed E-state index contributed by atoms with van der Waals surface area (Å²) in [4.78, 5) is 35.7. The summed E-state index contributed by atoms with van der Waals surface area (Å²) in [6.07, 6.45) is 4.59. The Morgan fingerprint density at radius 1 is 0.857 bits per heavy atom. The monoisotopic (exact) mass is 379 g/mol. The summed E-state index contributed by atoms with van der Waals surface area (Å²) in [7, 11) is 0. The molecule has 0 bridgehead atoms. The van der Waals surface area contributed by atoms with Crippen LogP contribution in [0.3, 0.4) is 0 Å². The van der Waals surface area contributed by atoms with Gasteiger partial charge in [0, 0.05) is 18.3 Å². The summed E-state index contributed by atoms with van der Waals surface area (Å²) in [5.41, 5.74) is 4.70. The van der Waals surface area contributed by atoms with Crippen LogP contribution in [0.25, 0.3) is 0 Å². The molecule has 0 radical (unpaired) electrons. The number of carbonyl (C=O) groups excluding carboxylic acids is 3. The molecule has 0 spiro atoms. The Bertz CT molecular complexity index is 908. The predicted octanol–water partition coefficient (Wildman–Crippen LogP) is 3.34. The van der Waals surface area contributed by atoms with Crippen LogP contribution in [0.2, 0.25) is 0 Å². The molecule has 0 fully saturated rings. The van der Waals surface area contributed by atoms with Gasteiger partial charge in [-0.15, -0.1) is 0 Å². The van der Waals surface area contributed by atoms with Gasteiger partial charge < -0.3 is 16.0 Å². The highest BCUT2D eigenvalue weighted by Gasteiger charge is 2.19. The molecule has 1 unspecified atom stereocenters. The topological polar surface area (TPSA) is 87.3 Å². The van der Waals surface area contributed by atoms with Crippen molar-refractivity contribution in [2.75, 3.05) is 10.6 Å². The summed E-state index contributed by atoms with van der Waals surface area (Å²) >= 11 is 0. The zero-order valence-corrected chi connectivity index (χ0v) is 16.2. The minimum absolute atomic E-state index is 0.208. The van der Waals surface area contributed by atoms with E-state index in [1.54, 1.807) is 24.3 Å². The molecule has 0 aliphatic heterocycles. The van der Waals surface area contributed by atoms with Gasteiger partial charge in [0.05, 0.1) is 6.04 Å². The number of benzene rings is 2. The number of fused-ring (bicyclic) bond motifs is 1. The molecule has 1 aliphatic rings. The zero-order valence-electron chi connectivity index (χ0n) is 16.2. The minimum atomic E-state index is -0.746. The quantitative estimate of drug-likeness (QED) is 0.712. The van der Waals surface area contributed by atoms with Crippen molar-refractivity contribution >= 4 is 29.1 Å². The Morgan fingerprint density at radius 2 is 1.54 bits per heavy atom. The van der Waals surface area contributed by atoms with Gasteiger partial charge in [0.1, 0.15) is 0 Å². The van der Waals surface area contributed by atoms with Gasteiger partial charge in [-0.1, -0.05) is 24.3 Å². The van der Waals surface area contributed by atoms with Crippen LogP contribution in [0, 0.1) is 0 Å². The highest BCUT2D eigenvalue weighted by Crippen LogP contribution is 2.24. The Kier molecular flexibility index (Phi) is 6.09. The second-order valence-electron chi connectivity index (χ2n) is 7.15. The average molecular weight is 379 g/mol. The van der Waals surface area contributed by atoms with Crippen LogP contribution in [0.5, 0.6) is 0 Å². The highest BCUT2D eigenvalue weighted by atomic mass is 16.2. The SMILES string of the molecule is CC(=O)Nc1cccc(NC(=O)C(=O)NC(C)c2ccc3c(c2)CCCC3)c1. The van der Waals surface area contributed by atoms with E-state index in [0.717, 1.165) is 18.4 Å². The fraction of sp³-hybridized carbons (Fsp3) is 0.318. The van der Waals surface area contributed by atoms with Gasteiger partial charge in [-0.25, -0.2) is 0 Å². The van der Waals surface area contributed by atoms with Crippen LogP contribution in [0.15, 0.2) is 42.5 Å². The van der Waals surface area contributed by atoms with Crippen molar-refractivity contribution in [2.24, 2.45) is 0 Å². The normalized spacial score (nSPS) is 13.8. The van der Waals surface area contributed by atoms with E-state index < -0.39 is 11.8 Å². The van der Waals surface area contributed by atoms with E-state index in [1.807, 2.05) is 13.0 Å². The molecule has 2 aromatic rings. The van der Waals surface area contributed by atoms with Crippen LogP contribution < -0.4 is 16.0 Å². The van der Waals surface area contributed by atoms with Crippen LogP contribution >= 0.6 is 0 Å². The second-order valence-corrected chi connectivity index (χ2v) is 7.15. The van der Waals surface area contributed by atoms with Crippen molar-refractivity contribution in [3.63, 3.8) is 0 Å². The van der Waals surface area contributed by atoms with Crippen LogP contribution in [0.4, 0.5) is 11.4 Å². The van der Waals surface area contributed by atoms with Crippen molar-refractivity contribution in [1.82, 2.24) is 5.32 Å². The highest BCUT2D eigenvalue weighted by molar-refractivity contribution is 6.39. The molecule has 6 nitrogen and oxygen atoms in total. The lowest BCUT2D eigenvalue weighted by atomic mass is 9.89. The minimum Gasteiger partial charge on any atom is -0.341 e. The van der Waals surface area contributed by atoms with Gasteiger partial charge in [0.15, 0.2) is 0 Å². The van der Waals surface area contributed by atoms with E-state index >= 15 is 0 Å². The summed E-state index contributed by atoms with van der Waals surface area (Å²) in [6, 6.07) is 12.7. The smallest absolute Gasteiger partial charge is 0.313 e. The Balaban J connectivity index is 1.61. The maximum Gasteiger partial charge on any atom is 0.313 e. The molecule has 3 N–H and O–H groups in total. The molecule has 1 atom stereocenters. The molecule has 0 heterocycles. The number of carbonyl (C=O) groups is 3. The Morgan fingerprint density at radius 3 is 2.25 bits per heavy atom. The van der Waals surface area contributed by atoms with Gasteiger partial charge in [-0.3, -0.25) is 14.4 Å². The van der Waals surface area contributed by atoms with E-state index in [-0.39, 0.29) is 11.9 Å².